The zero-order chi connectivity index (χ0) is 17.8. The van der Waals surface area contributed by atoms with Gasteiger partial charge in [-0.05, 0) is 29.3 Å². The van der Waals surface area contributed by atoms with E-state index in [1.807, 2.05) is 30.3 Å². The number of cyclic esters (lactones) is 1. The molecule has 0 saturated heterocycles. The van der Waals surface area contributed by atoms with Gasteiger partial charge < -0.3 is 15.4 Å². The van der Waals surface area contributed by atoms with Crippen molar-refractivity contribution < 1.29 is 19.1 Å². The van der Waals surface area contributed by atoms with Gasteiger partial charge in [0.1, 0.15) is 6.10 Å². The minimum absolute atomic E-state index is 0.0961. The number of rotatable bonds is 4. The highest BCUT2D eigenvalue weighted by atomic mass is 16.5. The van der Waals surface area contributed by atoms with Crippen LogP contribution in [0.2, 0.25) is 0 Å². The summed E-state index contributed by atoms with van der Waals surface area (Å²) in [4.78, 5) is 35.6. The van der Waals surface area contributed by atoms with Gasteiger partial charge in [0.15, 0.2) is 0 Å². The van der Waals surface area contributed by atoms with Crippen LogP contribution in [-0.2, 0) is 16.0 Å². The molecule has 25 heavy (non-hydrogen) atoms. The first-order valence-electron chi connectivity index (χ1n) is 7.96. The summed E-state index contributed by atoms with van der Waals surface area (Å²) in [5.41, 5.74) is 2.55. The van der Waals surface area contributed by atoms with Crippen molar-refractivity contribution in [2.75, 3.05) is 13.6 Å². The zero-order valence-corrected chi connectivity index (χ0v) is 13.7. The van der Waals surface area contributed by atoms with Crippen LogP contribution in [0.4, 0.5) is 0 Å². The van der Waals surface area contributed by atoms with Crippen molar-refractivity contribution in [3.05, 3.63) is 70.8 Å². The van der Waals surface area contributed by atoms with Crippen molar-refractivity contribution in [2.45, 2.75) is 12.5 Å². The lowest BCUT2D eigenvalue weighted by molar-refractivity contribution is -0.119. The molecule has 1 atom stereocenters. The third kappa shape index (κ3) is 3.68. The van der Waals surface area contributed by atoms with Gasteiger partial charge in [-0.3, -0.25) is 9.59 Å². The van der Waals surface area contributed by atoms with Crippen LogP contribution in [-0.4, -0.2) is 31.4 Å². The van der Waals surface area contributed by atoms with Crippen LogP contribution < -0.4 is 10.6 Å². The summed E-state index contributed by atoms with van der Waals surface area (Å²) in [6.45, 7) is -0.0961. The number of ether oxygens (including phenoxy) is 1. The lowest BCUT2D eigenvalue weighted by atomic mass is 9.93. The van der Waals surface area contributed by atoms with E-state index in [1.54, 1.807) is 18.2 Å². The first-order chi connectivity index (χ1) is 12.1. The van der Waals surface area contributed by atoms with E-state index >= 15 is 0 Å². The lowest BCUT2D eigenvalue weighted by Gasteiger charge is -2.25. The summed E-state index contributed by atoms with van der Waals surface area (Å²) in [5, 5.41) is 4.98. The molecule has 3 rings (SSSR count). The first kappa shape index (κ1) is 16.7. The number of esters is 1. The zero-order valence-electron chi connectivity index (χ0n) is 13.7. The van der Waals surface area contributed by atoms with Crippen molar-refractivity contribution in [3.63, 3.8) is 0 Å². The van der Waals surface area contributed by atoms with Gasteiger partial charge in [-0.1, -0.05) is 30.3 Å². The Labute approximate surface area is 145 Å². The maximum absolute atomic E-state index is 12.2. The molecule has 1 aliphatic heterocycles. The quantitative estimate of drug-likeness (QED) is 0.830. The van der Waals surface area contributed by atoms with Crippen molar-refractivity contribution >= 4 is 17.8 Å². The minimum atomic E-state index is -0.396. The Morgan fingerprint density at radius 1 is 1.16 bits per heavy atom. The number of nitrogens with one attached hydrogen (secondary N) is 2. The Morgan fingerprint density at radius 2 is 1.92 bits per heavy atom. The predicted octanol–water partition coefficient (Wildman–Crippen LogP) is 1.62. The smallest absolute Gasteiger partial charge is 0.339 e. The first-order valence-corrected chi connectivity index (χ1v) is 7.96. The monoisotopic (exact) mass is 338 g/mol. The maximum Gasteiger partial charge on any atom is 0.339 e. The molecule has 0 fully saturated rings. The van der Waals surface area contributed by atoms with Crippen LogP contribution in [0.5, 0.6) is 0 Å². The third-order valence-electron chi connectivity index (χ3n) is 4.10. The number of hydrogen-bond acceptors (Lipinski definition) is 4. The molecule has 0 saturated carbocycles. The molecule has 1 heterocycles. The summed E-state index contributed by atoms with van der Waals surface area (Å²) in [6, 6.07) is 14.3. The second kappa shape index (κ2) is 7.17. The van der Waals surface area contributed by atoms with E-state index in [-0.39, 0.29) is 24.5 Å². The fourth-order valence-corrected chi connectivity index (χ4v) is 2.74. The SMILES string of the molecule is CNC(=O)CNC(=O)c1ccc2c(c1)C[C@H](c1ccccc1)OC2=O. The molecule has 1 aliphatic rings. The van der Waals surface area contributed by atoms with E-state index in [9.17, 15) is 14.4 Å². The van der Waals surface area contributed by atoms with Gasteiger partial charge >= 0.3 is 5.97 Å². The Morgan fingerprint density at radius 3 is 2.64 bits per heavy atom. The number of amides is 2. The standard InChI is InChI=1S/C19H18N2O4/c1-20-17(22)11-21-18(23)13-7-8-15-14(9-13)10-16(25-19(15)24)12-5-3-2-4-6-12/h2-9,16H,10-11H2,1H3,(H,20,22)(H,21,23)/t16-/m1/s1. The molecule has 2 aromatic rings. The van der Waals surface area contributed by atoms with Gasteiger partial charge in [-0.25, -0.2) is 4.79 Å². The number of fused-ring (bicyclic) bond motifs is 1. The van der Waals surface area contributed by atoms with E-state index in [4.69, 9.17) is 4.74 Å². The summed E-state index contributed by atoms with van der Waals surface area (Å²) < 4.78 is 5.50. The molecule has 0 aromatic heterocycles. The molecule has 0 aliphatic carbocycles. The second-order valence-electron chi connectivity index (χ2n) is 5.74. The molecule has 6 nitrogen and oxygen atoms in total. The minimum Gasteiger partial charge on any atom is -0.454 e. The molecule has 128 valence electrons. The molecular weight excluding hydrogens is 320 g/mol. The summed E-state index contributed by atoms with van der Waals surface area (Å²) in [5.74, 6) is -1.03. The fraction of sp³-hybridized carbons (Fsp3) is 0.211. The highest BCUT2D eigenvalue weighted by molar-refractivity contribution is 5.99. The molecule has 0 bridgehead atoms. The van der Waals surface area contributed by atoms with Crippen LogP contribution in [0, 0.1) is 0 Å². The molecule has 2 aromatic carbocycles. The van der Waals surface area contributed by atoms with E-state index in [1.165, 1.54) is 7.05 Å². The predicted molar refractivity (Wildman–Crippen MR) is 91.1 cm³/mol. The Hall–Kier alpha value is -3.15. The number of carbonyl (C=O) groups is 3. The molecule has 0 unspecified atom stereocenters. The van der Waals surface area contributed by atoms with Gasteiger partial charge in [0.05, 0.1) is 12.1 Å². The van der Waals surface area contributed by atoms with Crippen molar-refractivity contribution in [1.82, 2.24) is 10.6 Å². The summed E-state index contributed by atoms with van der Waals surface area (Å²) in [6.07, 6.45) is 0.132. The van der Waals surface area contributed by atoms with E-state index < -0.39 is 5.97 Å². The molecule has 2 N–H and O–H groups in total. The van der Waals surface area contributed by atoms with Crippen molar-refractivity contribution in [3.8, 4) is 0 Å². The normalized spacial score (nSPS) is 15.7. The average Bonchev–Trinajstić information content (AvgIpc) is 2.65. The van der Waals surface area contributed by atoms with Crippen LogP contribution in [0.1, 0.15) is 37.9 Å². The number of benzene rings is 2. The summed E-state index contributed by atoms with van der Waals surface area (Å²) in [7, 11) is 1.50. The van der Waals surface area contributed by atoms with Crippen molar-refractivity contribution in [1.29, 1.82) is 0 Å². The number of carbonyl (C=O) groups excluding carboxylic acids is 3. The van der Waals surface area contributed by atoms with Gasteiger partial charge in [0, 0.05) is 19.0 Å². The molecule has 6 heteroatoms. The number of likely N-dealkylation sites (N-methyl/N-ethyl adjacent to an activating group) is 1. The molecular formula is C19H18N2O4. The van der Waals surface area contributed by atoms with Crippen LogP contribution in [0.25, 0.3) is 0 Å². The van der Waals surface area contributed by atoms with Gasteiger partial charge in [-0.2, -0.15) is 0 Å². The molecule has 0 spiro atoms. The average molecular weight is 338 g/mol. The van der Waals surface area contributed by atoms with Gasteiger partial charge in [0.2, 0.25) is 5.91 Å². The fourth-order valence-electron chi connectivity index (χ4n) is 2.74. The molecule has 2 amide bonds. The maximum atomic E-state index is 12.2. The van der Waals surface area contributed by atoms with E-state index in [0.29, 0.717) is 17.5 Å². The summed E-state index contributed by atoms with van der Waals surface area (Å²) >= 11 is 0. The lowest BCUT2D eigenvalue weighted by Crippen LogP contribution is -2.35. The highest BCUT2D eigenvalue weighted by Crippen LogP contribution is 2.30. The van der Waals surface area contributed by atoms with E-state index in [2.05, 4.69) is 10.6 Å². The van der Waals surface area contributed by atoms with Gasteiger partial charge in [-0.15, -0.1) is 0 Å². The largest absolute Gasteiger partial charge is 0.454 e. The Bertz CT molecular complexity index is 817. The topological polar surface area (TPSA) is 84.5 Å². The second-order valence-corrected chi connectivity index (χ2v) is 5.74. The molecule has 0 radical (unpaired) electrons. The van der Waals surface area contributed by atoms with E-state index in [0.717, 1.165) is 11.1 Å². The van der Waals surface area contributed by atoms with Crippen LogP contribution in [0.3, 0.4) is 0 Å². The van der Waals surface area contributed by atoms with Crippen LogP contribution in [0.15, 0.2) is 48.5 Å². The van der Waals surface area contributed by atoms with Crippen LogP contribution >= 0.6 is 0 Å². The third-order valence-corrected chi connectivity index (χ3v) is 4.10. The Kier molecular flexibility index (Phi) is 4.79. The Balaban J connectivity index is 1.80. The van der Waals surface area contributed by atoms with Gasteiger partial charge in [0.25, 0.3) is 5.91 Å². The van der Waals surface area contributed by atoms with Crippen molar-refractivity contribution in [2.24, 2.45) is 0 Å². The number of hydrogen-bond donors (Lipinski definition) is 2. The highest BCUT2D eigenvalue weighted by Gasteiger charge is 2.28.